The fourth-order valence-electron chi connectivity index (χ4n) is 1.95. The number of esters is 1. The number of ether oxygens (including phenoxy) is 1. The van der Waals surface area contributed by atoms with Gasteiger partial charge in [0.1, 0.15) is 0 Å². The molecule has 2 aromatic rings. The van der Waals surface area contributed by atoms with E-state index in [0.717, 1.165) is 16.7 Å². The number of carbonyl (C=O) groups is 1. The molecule has 2 aromatic carbocycles. The van der Waals surface area contributed by atoms with Crippen molar-refractivity contribution in [2.24, 2.45) is 0 Å². The summed E-state index contributed by atoms with van der Waals surface area (Å²) in [5.41, 5.74) is 3.81. The first-order valence-electron chi connectivity index (χ1n) is 6.11. The van der Waals surface area contributed by atoms with Crippen LogP contribution < -0.4 is 0 Å². The van der Waals surface area contributed by atoms with Gasteiger partial charge in [-0.2, -0.15) is 0 Å². The molecule has 0 atom stereocenters. The maximum absolute atomic E-state index is 11.3. The summed E-state index contributed by atoms with van der Waals surface area (Å²) in [5.74, 6) is -0.356. The fourth-order valence-corrected chi connectivity index (χ4v) is 1.95. The Kier molecular flexibility index (Phi) is 4.14. The lowest BCUT2D eigenvalue weighted by atomic mass is 10.00. The van der Waals surface area contributed by atoms with E-state index >= 15 is 0 Å². The van der Waals surface area contributed by atoms with Gasteiger partial charge < -0.3 is 4.74 Å². The molecule has 0 fully saturated rings. The van der Waals surface area contributed by atoms with Crippen LogP contribution in [0.4, 0.5) is 0 Å². The lowest BCUT2D eigenvalue weighted by molar-refractivity contribution is -0.136. The van der Waals surface area contributed by atoms with Crippen molar-refractivity contribution in [2.75, 3.05) is 7.11 Å². The molecule has 0 aliphatic heterocycles. The lowest BCUT2D eigenvalue weighted by Crippen LogP contribution is -2.05. The van der Waals surface area contributed by atoms with E-state index < -0.39 is 0 Å². The van der Waals surface area contributed by atoms with E-state index in [1.165, 1.54) is 7.11 Å². The van der Waals surface area contributed by atoms with Crippen LogP contribution in [0.25, 0.3) is 11.1 Å². The number of hydrogen-bond donors (Lipinski definition) is 0. The Bertz CT molecular complexity index is 585. The van der Waals surface area contributed by atoms with Crippen LogP contribution in [-0.4, -0.2) is 13.1 Å². The van der Waals surface area contributed by atoms with Crippen molar-refractivity contribution in [3.05, 3.63) is 72.3 Å². The second-order valence-electron chi connectivity index (χ2n) is 4.34. The molecule has 2 nitrogen and oxygen atoms in total. The third kappa shape index (κ3) is 3.32. The van der Waals surface area contributed by atoms with Crippen molar-refractivity contribution in [1.82, 2.24) is 0 Å². The van der Waals surface area contributed by atoms with Crippen molar-refractivity contribution in [3.63, 3.8) is 0 Å². The molecule has 0 spiro atoms. The number of rotatable bonds is 4. The van der Waals surface area contributed by atoms with E-state index in [9.17, 15) is 4.79 Å². The molecule has 0 heterocycles. The lowest BCUT2D eigenvalue weighted by Gasteiger charge is -2.07. The maximum Gasteiger partial charge on any atom is 0.333 e. The predicted octanol–water partition coefficient (Wildman–Crippen LogP) is 3.63. The normalized spacial score (nSPS) is 9.95. The quantitative estimate of drug-likeness (QED) is 0.613. The van der Waals surface area contributed by atoms with Gasteiger partial charge in [-0.25, -0.2) is 4.79 Å². The predicted molar refractivity (Wildman–Crippen MR) is 76.7 cm³/mol. The van der Waals surface area contributed by atoms with E-state index in [-0.39, 0.29) is 5.97 Å². The topological polar surface area (TPSA) is 26.3 Å². The molecule has 0 saturated heterocycles. The van der Waals surface area contributed by atoms with Crippen LogP contribution in [0.2, 0.25) is 0 Å². The molecule has 0 radical (unpaired) electrons. The van der Waals surface area contributed by atoms with Crippen molar-refractivity contribution < 1.29 is 9.53 Å². The van der Waals surface area contributed by atoms with Crippen LogP contribution in [0, 0.1) is 0 Å². The summed E-state index contributed by atoms with van der Waals surface area (Å²) >= 11 is 0. The molecule has 0 N–H and O–H groups in total. The van der Waals surface area contributed by atoms with Crippen molar-refractivity contribution in [3.8, 4) is 11.1 Å². The highest BCUT2D eigenvalue weighted by Gasteiger charge is 2.08. The molecule has 19 heavy (non-hydrogen) atoms. The zero-order chi connectivity index (χ0) is 13.7. The minimum absolute atomic E-state index is 0.356. The number of hydrogen-bond acceptors (Lipinski definition) is 2. The number of benzene rings is 2. The molecule has 0 saturated carbocycles. The second kappa shape index (κ2) is 6.01. The zero-order valence-corrected chi connectivity index (χ0v) is 10.9. The molecule has 0 unspecified atom stereocenters. The standard InChI is InChI=1S/C17H16O2/c1-13(17(18)19-2)11-14-7-6-10-16(12-14)15-8-4-3-5-9-15/h3-10,12H,1,11H2,2H3. The van der Waals surface area contributed by atoms with Gasteiger partial charge in [0.25, 0.3) is 0 Å². The third-order valence-electron chi connectivity index (χ3n) is 2.93. The molecule has 2 heteroatoms. The highest BCUT2D eigenvalue weighted by molar-refractivity contribution is 5.88. The van der Waals surface area contributed by atoms with Crippen LogP contribution in [0.15, 0.2) is 66.7 Å². The summed E-state index contributed by atoms with van der Waals surface area (Å²) in [6.45, 7) is 3.75. The van der Waals surface area contributed by atoms with Gasteiger partial charge in [0.05, 0.1) is 7.11 Å². The van der Waals surface area contributed by atoms with E-state index in [0.29, 0.717) is 12.0 Å². The summed E-state index contributed by atoms with van der Waals surface area (Å²) < 4.78 is 4.66. The van der Waals surface area contributed by atoms with Crippen molar-refractivity contribution in [1.29, 1.82) is 0 Å². The Morgan fingerprint density at radius 1 is 1.05 bits per heavy atom. The molecule has 0 aliphatic carbocycles. The molecular weight excluding hydrogens is 236 g/mol. The molecule has 0 aromatic heterocycles. The van der Waals surface area contributed by atoms with Gasteiger partial charge in [-0.15, -0.1) is 0 Å². The van der Waals surface area contributed by atoms with Gasteiger partial charge in [0.2, 0.25) is 0 Å². The van der Waals surface area contributed by atoms with Crippen molar-refractivity contribution in [2.45, 2.75) is 6.42 Å². The Hall–Kier alpha value is -2.35. The van der Waals surface area contributed by atoms with Gasteiger partial charge in [0.15, 0.2) is 0 Å². The van der Waals surface area contributed by atoms with E-state index in [4.69, 9.17) is 0 Å². The summed E-state index contributed by atoms with van der Waals surface area (Å²) in [6, 6.07) is 18.2. The average molecular weight is 252 g/mol. The van der Waals surface area contributed by atoms with E-state index in [1.54, 1.807) is 0 Å². The van der Waals surface area contributed by atoms with Crippen LogP contribution in [-0.2, 0) is 16.0 Å². The highest BCUT2D eigenvalue weighted by atomic mass is 16.5. The Morgan fingerprint density at radius 2 is 1.74 bits per heavy atom. The first kappa shape index (κ1) is 13.1. The average Bonchev–Trinajstić information content (AvgIpc) is 2.47. The molecule has 96 valence electrons. The minimum atomic E-state index is -0.356. The Morgan fingerprint density at radius 3 is 2.42 bits per heavy atom. The van der Waals surface area contributed by atoms with E-state index in [2.05, 4.69) is 35.6 Å². The first-order valence-corrected chi connectivity index (χ1v) is 6.11. The van der Waals surface area contributed by atoms with Crippen LogP contribution in [0.3, 0.4) is 0 Å². The van der Waals surface area contributed by atoms with Gasteiger partial charge >= 0.3 is 5.97 Å². The fraction of sp³-hybridized carbons (Fsp3) is 0.118. The first-order chi connectivity index (χ1) is 9.20. The maximum atomic E-state index is 11.3. The zero-order valence-electron chi connectivity index (χ0n) is 10.9. The molecule has 2 rings (SSSR count). The highest BCUT2D eigenvalue weighted by Crippen LogP contribution is 2.21. The molecule has 0 amide bonds. The monoisotopic (exact) mass is 252 g/mol. The number of carbonyl (C=O) groups excluding carboxylic acids is 1. The summed E-state index contributed by atoms with van der Waals surface area (Å²) in [7, 11) is 1.37. The van der Waals surface area contributed by atoms with Crippen LogP contribution >= 0.6 is 0 Å². The van der Waals surface area contributed by atoms with Gasteiger partial charge in [-0.05, 0) is 16.7 Å². The van der Waals surface area contributed by atoms with Gasteiger partial charge in [-0.3, -0.25) is 0 Å². The third-order valence-corrected chi connectivity index (χ3v) is 2.93. The summed E-state index contributed by atoms with van der Waals surface area (Å²) in [5, 5.41) is 0. The Balaban J connectivity index is 2.21. The Labute approximate surface area is 113 Å². The number of methoxy groups -OCH3 is 1. The SMILES string of the molecule is C=C(Cc1cccc(-c2ccccc2)c1)C(=O)OC. The molecule has 0 aliphatic rings. The van der Waals surface area contributed by atoms with Crippen LogP contribution in [0.1, 0.15) is 5.56 Å². The molecular formula is C17H16O2. The largest absolute Gasteiger partial charge is 0.466 e. The molecule has 0 bridgehead atoms. The van der Waals surface area contributed by atoms with Crippen LogP contribution in [0.5, 0.6) is 0 Å². The van der Waals surface area contributed by atoms with Crippen molar-refractivity contribution >= 4 is 5.97 Å². The second-order valence-corrected chi connectivity index (χ2v) is 4.34. The van der Waals surface area contributed by atoms with E-state index in [1.807, 2.05) is 30.3 Å². The minimum Gasteiger partial charge on any atom is -0.466 e. The smallest absolute Gasteiger partial charge is 0.333 e. The van der Waals surface area contributed by atoms with Gasteiger partial charge in [0, 0.05) is 12.0 Å². The summed E-state index contributed by atoms with van der Waals surface area (Å²) in [6.07, 6.45) is 0.507. The summed E-state index contributed by atoms with van der Waals surface area (Å²) in [4.78, 5) is 11.3. The van der Waals surface area contributed by atoms with Gasteiger partial charge in [-0.1, -0.05) is 61.2 Å².